The van der Waals surface area contributed by atoms with Crippen LogP contribution in [0.15, 0.2) is 66.7 Å². The van der Waals surface area contributed by atoms with E-state index in [1.807, 2.05) is 80.6 Å². The highest BCUT2D eigenvalue weighted by molar-refractivity contribution is 5.48. The summed E-state index contributed by atoms with van der Waals surface area (Å²) in [6.45, 7) is 7.63. The van der Waals surface area contributed by atoms with E-state index in [2.05, 4.69) is 12.2 Å². The first kappa shape index (κ1) is 21.9. The molecule has 3 rings (SSSR count). The molecule has 0 aliphatic heterocycles. The first-order valence-corrected chi connectivity index (χ1v) is 10.6. The molecule has 2 N–H and O–H groups in total. The number of benzene rings is 3. The Kier molecular flexibility index (Phi) is 7.89. The molecule has 3 aromatic rings. The minimum absolute atomic E-state index is 0.502. The van der Waals surface area contributed by atoms with Crippen LogP contribution in [0, 0.1) is 13.8 Å². The van der Waals surface area contributed by atoms with Crippen LogP contribution >= 0.6 is 0 Å². The predicted molar refractivity (Wildman–Crippen MR) is 122 cm³/mol. The third kappa shape index (κ3) is 6.34. The first-order valence-electron chi connectivity index (χ1n) is 10.6. The molecule has 0 fully saturated rings. The van der Waals surface area contributed by atoms with Crippen LogP contribution in [-0.4, -0.2) is 18.2 Å². The smallest absolute Gasteiger partial charge is 0.170 e. The van der Waals surface area contributed by atoms with E-state index in [9.17, 15) is 5.11 Å². The standard InChI is InChI=1S/C26H31NO3/c1-4-5-16-27-18-24(28)21-10-15-25(29-22-11-6-19(2)7-12-22)26(17-21)30-23-13-8-20(3)9-14-23/h6-15,17,24,27-28H,4-5,16,18H2,1-3H3. The number of aliphatic hydroxyl groups is 1. The van der Waals surface area contributed by atoms with Gasteiger partial charge in [-0.05, 0) is 68.8 Å². The lowest BCUT2D eigenvalue weighted by Gasteiger charge is -2.17. The molecule has 0 aliphatic carbocycles. The molecule has 0 amide bonds. The molecule has 158 valence electrons. The lowest BCUT2D eigenvalue weighted by molar-refractivity contribution is 0.174. The van der Waals surface area contributed by atoms with Crippen LogP contribution in [0.4, 0.5) is 0 Å². The van der Waals surface area contributed by atoms with Crippen LogP contribution in [0.3, 0.4) is 0 Å². The molecule has 4 heteroatoms. The van der Waals surface area contributed by atoms with Gasteiger partial charge in [0.25, 0.3) is 0 Å². The lowest BCUT2D eigenvalue weighted by atomic mass is 10.1. The predicted octanol–water partition coefficient (Wildman–Crippen LogP) is 6.31. The third-order valence-corrected chi connectivity index (χ3v) is 4.89. The van der Waals surface area contributed by atoms with Gasteiger partial charge in [-0.2, -0.15) is 0 Å². The van der Waals surface area contributed by atoms with Gasteiger partial charge in [-0.25, -0.2) is 0 Å². The maximum Gasteiger partial charge on any atom is 0.170 e. The van der Waals surface area contributed by atoms with E-state index >= 15 is 0 Å². The van der Waals surface area contributed by atoms with Crippen LogP contribution in [0.2, 0.25) is 0 Å². The lowest BCUT2D eigenvalue weighted by Crippen LogP contribution is -2.22. The second kappa shape index (κ2) is 10.8. The molecular formula is C26H31NO3. The topological polar surface area (TPSA) is 50.7 Å². The maximum atomic E-state index is 10.6. The van der Waals surface area contributed by atoms with E-state index in [4.69, 9.17) is 9.47 Å². The zero-order valence-electron chi connectivity index (χ0n) is 18.0. The Balaban J connectivity index is 1.82. The fourth-order valence-corrected chi connectivity index (χ4v) is 3.02. The average Bonchev–Trinajstić information content (AvgIpc) is 2.75. The van der Waals surface area contributed by atoms with E-state index in [0.29, 0.717) is 18.0 Å². The molecule has 4 nitrogen and oxygen atoms in total. The van der Waals surface area contributed by atoms with Gasteiger partial charge in [0, 0.05) is 6.54 Å². The summed E-state index contributed by atoms with van der Waals surface area (Å²) in [7, 11) is 0. The number of aryl methyl sites for hydroxylation is 2. The van der Waals surface area contributed by atoms with Gasteiger partial charge in [-0.3, -0.25) is 0 Å². The Bertz CT molecular complexity index is 920. The van der Waals surface area contributed by atoms with Gasteiger partial charge in [0.05, 0.1) is 6.10 Å². The van der Waals surface area contributed by atoms with Gasteiger partial charge in [0.15, 0.2) is 11.5 Å². The molecule has 0 saturated heterocycles. The number of unbranched alkanes of at least 4 members (excludes halogenated alkanes) is 1. The number of rotatable bonds is 10. The fourth-order valence-electron chi connectivity index (χ4n) is 3.02. The Morgan fingerprint density at radius 3 is 1.93 bits per heavy atom. The molecule has 0 radical (unpaired) electrons. The van der Waals surface area contributed by atoms with E-state index in [1.54, 1.807) is 0 Å². The van der Waals surface area contributed by atoms with Crippen molar-refractivity contribution in [2.75, 3.05) is 13.1 Å². The summed E-state index contributed by atoms with van der Waals surface area (Å²) in [4.78, 5) is 0. The van der Waals surface area contributed by atoms with Gasteiger partial charge in [-0.15, -0.1) is 0 Å². The summed E-state index contributed by atoms with van der Waals surface area (Å²) >= 11 is 0. The van der Waals surface area contributed by atoms with E-state index in [1.165, 1.54) is 11.1 Å². The van der Waals surface area contributed by atoms with Crippen molar-refractivity contribution in [3.05, 3.63) is 83.4 Å². The molecule has 0 heterocycles. The second-order valence-corrected chi connectivity index (χ2v) is 7.61. The monoisotopic (exact) mass is 405 g/mol. The summed E-state index contributed by atoms with van der Waals surface area (Å²) in [5.74, 6) is 2.64. The maximum absolute atomic E-state index is 10.6. The van der Waals surface area contributed by atoms with Crippen LogP contribution in [-0.2, 0) is 0 Å². The summed E-state index contributed by atoms with van der Waals surface area (Å²) in [5, 5.41) is 13.9. The van der Waals surface area contributed by atoms with Crippen LogP contribution in [0.25, 0.3) is 0 Å². The SMILES string of the molecule is CCCCNCC(O)c1ccc(Oc2ccc(C)cc2)c(Oc2ccc(C)cc2)c1. The van der Waals surface area contributed by atoms with Crippen molar-refractivity contribution in [2.24, 2.45) is 0 Å². The third-order valence-electron chi connectivity index (χ3n) is 4.89. The molecule has 0 spiro atoms. The number of ether oxygens (including phenoxy) is 2. The highest BCUT2D eigenvalue weighted by Crippen LogP contribution is 2.37. The molecule has 0 saturated carbocycles. The van der Waals surface area contributed by atoms with E-state index in [0.717, 1.165) is 36.4 Å². The number of hydrogen-bond acceptors (Lipinski definition) is 4. The number of hydrogen-bond donors (Lipinski definition) is 2. The minimum atomic E-state index is -0.615. The van der Waals surface area contributed by atoms with Crippen LogP contribution in [0.5, 0.6) is 23.0 Å². The largest absolute Gasteiger partial charge is 0.453 e. The van der Waals surface area contributed by atoms with Gasteiger partial charge in [0.2, 0.25) is 0 Å². The summed E-state index contributed by atoms with van der Waals surface area (Å²) < 4.78 is 12.2. The number of aliphatic hydroxyl groups excluding tert-OH is 1. The summed E-state index contributed by atoms with van der Waals surface area (Å²) in [6, 6.07) is 21.4. The quantitative estimate of drug-likeness (QED) is 0.388. The Morgan fingerprint density at radius 2 is 1.37 bits per heavy atom. The molecule has 0 aliphatic rings. The summed E-state index contributed by atoms with van der Waals surface area (Å²) in [6.07, 6.45) is 1.61. The van der Waals surface area contributed by atoms with Crippen molar-refractivity contribution in [2.45, 2.75) is 39.7 Å². The van der Waals surface area contributed by atoms with Gasteiger partial charge in [-0.1, -0.05) is 54.8 Å². The molecule has 1 unspecified atom stereocenters. The van der Waals surface area contributed by atoms with Gasteiger partial charge < -0.3 is 19.9 Å². The summed E-state index contributed by atoms with van der Waals surface area (Å²) in [5.41, 5.74) is 3.13. The zero-order valence-corrected chi connectivity index (χ0v) is 18.0. The Morgan fingerprint density at radius 1 is 0.800 bits per heavy atom. The van der Waals surface area contributed by atoms with E-state index < -0.39 is 6.10 Å². The molecule has 1 atom stereocenters. The van der Waals surface area contributed by atoms with Crippen LogP contribution < -0.4 is 14.8 Å². The van der Waals surface area contributed by atoms with Crippen molar-refractivity contribution in [3.63, 3.8) is 0 Å². The molecular weight excluding hydrogens is 374 g/mol. The molecule has 3 aromatic carbocycles. The Hall–Kier alpha value is -2.82. The van der Waals surface area contributed by atoms with Gasteiger partial charge in [0.1, 0.15) is 11.5 Å². The Labute approximate surface area is 179 Å². The van der Waals surface area contributed by atoms with E-state index in [-0.39, 0.29) is 0 Å². The number of nitrogens with one attached hydrogen (secondary N) is 1. The highest BCUT2D eigenvalue weighted by atomic mass is 16.5. The first-order chi connectivity index (χ1) is 14.5. The van der Waals surface area contributed by atoms with Crippen LogP contribution in [0.1, 0.15) is 42.6 Å². The zero-order chi connectivity index (χ0) is 21.3. The van der Waals surface area contributed by atoms with Crippen molar-refractivity contribution in [1.29, 1.82) is 0 Å². The van der Waals surface area contributed by atoms with Gasteiger partial charge >= 0.3 is 0 Å². The molecule has 30 heavy (non-hydrogen) atoms. The second-order valence-electron chi connectivity index (χ2n) is 7.61. The van der Waals surface area contributed by atoms with Crippen molar-refractivity contribution in [1.82, 2.24) is 5.32 Å². The minimum Gasteiger partial charge on any atom is -0.453 e. The van der Waals surface area contributed by atoms with Crippen molar-refractivity contribution >= 4 is 0 Å². The fraction of sp³-hybridized carbons (Fsp3) is 0.308. The molecule has 0 bridgehead atoms. The van der Waals surface area contributed by atoms with Crippen molar-refractivity contribution < 1.29 is 14.6 Å². The average molecular weight is 406 g/mol. The van der Waals surface area contributed by atoms with Crippen molar-refractivity contribution in [3.8, 4) is 23.0 Å². The normalized spacial score (nSPS) is 11.9. The molecule has 0 aromatic heterocycles. The highest BCUT2D eigenvalue weighted by Gasteiger charge is 2.14.